The molecule has 0 fully saturated rings. The molecule has 1 aromatic carbocycles. The third-order valence-electron chi connectivity index (χ3n) is 2.47. The van der Waals surface area contributed by atoms with Crippen LogP contribution in [0.1, 0.15) is 11.5 Å². The highest BCUT2D eigenvalue weighted by atomic mass is 19.1. The third kappa shape index (κ3) is 3.89. The summed E-state index contributed by atoms with van der Waals surface area (Å²) in [6.07, 6.45) is 0.445. The lowest BCUT2D eigenvalue weighted by molar-refractivity contribution is 0.318. The van der Waals surface area contributed by atoms with Crippen LogP contribution in [-0.4, -0.2) is 16.6 Å². The van der Waals surface area contributed by atoms with Gasteiger partial charge in [-0.3, -0.25) is 4.79 Å². The van der Waals surface area contributed by atoms with Crippen molar-refractivity contribution in [2.75, 3.05) is 6.61 Å². The molecule has 6 heteroatoms. The van der Waals surface area contributed by atoms with E-state index in [1.807, 2.05) is 0 Å². The van der Waals surface area contributed by atoms with Gasteiger partial charge < -0.3 is 15.5 Å². The van der Waals surface area contributed by atoms with Crippen LogP contribution in [0.15, 0.2) is 35.1 Å². The molecular formula is C13H14FN3O2. The van der Waals surface area contributed by atoms with Gasteiger partial charge in [0.05, 0.1) is 12.3 Å². The quantitative estimate of drug-likeness (QED) is 0.843. The van der Waals surface area contributed by atoms with Gasteiger partial charge in [-0.25, -0.2) is 9.37 Å². The standard InChI is InChI=1S/C13H14FN3O2/c14-9-1-3-11(4-2-9)19-6-5-12-16-10(8-15)7-13(18)17-12/h1-4,7H,5-6,8,15H2,(H,16,17,18). The highest BCUT2D eigenvalue weighted by Crippen LogP contribution is 2.11. The second kappa shape index (κ2) is 6.10. The van der Waals surface area contributed by atoms with E-state index in [0.29, 0.717) is 30.3 Å². The normalized spacial score (nSPS) is 10.4. The number of ether oxygens (including phenoxy) is 1. The SMILES string of the molecule is NCc1cc(=O)[nH]c(CCOc2ccc(F)cc2)n1. The molecule has 0 spiro atoms. The van der Waals surface area contributed by atoms with E-state index in [2.05, 4.69) is 9.97 Å². The maximum atomic E-state index is 12.7. The van der Waals surface area contributed by atoms with Gasteiger partial charge in [-0.1, -0.05) is 0 Å². The van der Waals surface area contributed by atoms with Crippen LogP contribution in [-0.2, 0) is 13.0 Å². The predicted octanol–water partition coefficient (Wildman–Crippen LogP) is 0.989. The van der Waals surface area contributed by atoms with Gasteiger partial charge in [0.15, 0.2) is 0 Å². The van der Waals surface area contributed by atoms with Crippen molar-refractivity contribution < 1.29 is 9.13 Å². The van der Waals surface area contributed by atoms with Crippen LogP contribution >= 0.6 is 0 Å². The highest BCUT2D eigenvalue weighted by molar-refractivity contribution is 5.22. The number of nitrogens with one attached hydrogen (secondary N) is 1. The molecule has 0 amide bonds. The Hall–Kier alpha value is -2.21. The first kappa shape index (κ1) is 13.2. The van der Waals surface area contributed by atoms with E-state index in [-0.39, 0.29) is 17.9 Å². The second-order valence-electron chi connectivity index (χ2n) is 3.94. The lowest BCUT2D eigenvalue weighted by Crippen LogP contribution is -2.16. The summed E-state index contributed by atoms with van der Waals surface area (Å²) in [6.45, 7) is 0.554. The Morgan fingerprint density at radius 3 is 2.74 bits per heavy atom. The van der Waals surface area contributed by atoms with E-state index in [1.165, 1.54) is 18.2 Å². The number of hydrogen-bond acceptors (Lipinski definition) is 4. The molecule has 1 aromatic heterocycles. The summed E-state index contributed by atoms with van der Waals surface area (Å²) >= 11 is 0. The van der Waals surface area contributed by atoms with Crippen molar-refractivity contribution in [3.8, 4) is 5.75 Å². The Bertz CT molecular complexity index is 596. The number of H-pyrrole nitrogens is 1. The molecule has 1 heterocycles. The van der Waals surface area contributed by atoms with Crippen LogP contribution in [0.2, 0.25) is 0 Å². The number of halogens is 1. The maximum absolute atomic E-state index is 12.7. The first-order valence-electron chi connectivity index (χ1n) is 5.85. The van der Waals surface area contributed by atoms with Gasteiger partial charge >= 0.3 is 0 Å². The van der Waals surface area contributed by atoms with Crippen LogP contribution in [0, 0.1) is 5.82 Å². The summed E-state index contributed by atoms with van der Waals surface area (Å²) < 4.78 is 18.1. The minimum absolute atomic E-state index is 0.218. The summed E-state index contributed by atoms with van der Waals surface area (Å²) in [4.78, 5) is 18.1. The summed E-state index contributed by atoms with van der Waals surface area (Å²) in [6, 6.07) is 7.10. The lowest BCUT2D eigenvalue weighted by atomic mass is 10.3. The number of aromatic nitrogens is 2. The van der Waals surface area contributed by atoms with E-state index in [0.717, 1.165) is 0 Å². The van der Waals surface area contributed by atoms with E-state index >= 15 is 0 Å². The zero-order valence-corrected chi connectivity index (χ0v) is 10.2. The van der Waals surface area contributed by atoms with Gasteiger partial charge in [-0.05, 0) is 24.3 Å². The minimum atomic E-state index is -0.311. The molecule has 0 aliphatic carbocycles. The van der Waals surface area contributed by atoms with Gasteiger partial charge in [0.2, 0.25) is 0 Å². The maximum Gasteiger partial charge on any atom is 0.251 e. The molecule has 2 aromatic rings. The van der Waals surface area contributed by atoms with Gasteiger partial charge in [0.1, 0.15) is 17.4 Å². The van der Waals surface area contributed by atoms with Gasteiger partial charge in [-0.15, -0.1) is 0 Å². The molecular weight excluding hydrogens is 249 g/mol. The first-order chi connectivity index (χ1) is 9.17. The second-order valence-corrected chi connectivity index (χ2v) is 3.94. The van der Waals surface area contributed by atoms with Crippen molar-refractivity contribution in [1.82, 2.24) is 9.97 Å². The number of hydrogen-bond donors (Lipinski definition) is 2. The van der Waals surface area contributed by atoms with Crippen molar-refractivity contribution >= 4 is 0 Å². The molecule has 2 rings (SSSR count). The molecule has 0 radical (unpaired) electrons. The van der Waals surface area contributed by atoms with Crippen molar-refractivity contribution in [1.29, 1.82) is 0 Å². The minimum Gasteiger partial charge on any atom is -0.493 e. The molecule has 0 aliphatic rings. The largest absolute Gasteiger partial charge is 0.493 e. The predicted molar refractivity (Wildman–Crippen MR) is 68.3 cm³/mol. The third-order valence-corrected chi connectivity index (χ3v) is 2.47. The molecule has 0 aliphatic heterocycles. The Labute approximate surface area is 109 Å². The monoisotopic (exact) mass is 263 g/mol. The summed E-state index contributed by atoms with van der Waals surface area (Å²) in [5, 5.41) is 0. The molecule has 0 saturated carbocycles. The lowest BCUT2D eigenvalue weighted by Gasteiger charge is -2.06. The Morgan fingerprint density at radius 2 is 2.05 bits per heavy atom. The molecule has 0 bridgehead atoms. The summed E-state index contributed by atoms with van der Waals surface area (Å²) in [5.74, 6) is 0.780. The number of nitrogens with zero attached hydrogens (tertiary/aromatic N) is 1. The van der Waals surface area contributed by atoms with E-state index in [4.69, 9.17) is 10.5 Å². The van der Waals surface area contributed by atoms with Crippen LogP contribution in [0.25, 0.3) is 0 Å². The van der Waals surface area contributed by atoms with E-state index < -0.39 is 0 Å². The van der Waals surface area contributed by atoms with Crippen LogP contribution < -0.4 is 16.0 Å². The fourth-order valence-electron chi connectivity index (χ4n) is 1.58. The molecule has 19 heavy (non-hydrogen) atoms. The molecule has 0 atom stereocenters. The average Bonchev–Trinajstić information content (AvgIpc) is 2.40. The smallest absolute Gasteiger partial charge is 0.251 e. The fraction of sp³-hybridized carbons (Fsp3) is 0.231. The van der Waals surface area contributed by atoms with Gasteiger partial charge in [0.25, 0.3) is 5.56 Å². The van der Waals surface area contributed by atoms with Crippen molar-refractivity contribution in [3.05, 3.63) is 58.0 Å². The number of aromatic amines is 1. The van der Waals surface area contributed by atoms with Crippen molar-refractivity contribution in [2.45, 2.75) is 13.0 Å². The Kier molecular flexibility index (Phi) is 4.25. The fourth-order valence-corrected chi connectivity index (χ4v) is 1.58. The van der Waals surface area contributed by atoms with E-state index in [9.17, 15) is 9.18 Å². The van der Waals surface area contributed by atoms with Gasteiger partial charge in [-0.2, -0.15) is 0 Å². The Morgan fingerprint density at radius 1 is 1.32 bits per heavy atom. The number of rotatable bonds is 5. The number of nitrogens with two attached hydrogens (primary N) is 1. The number of benzene rings is 1. The van der Waals surface area contributed by atoms with Gasteiger partial charge in [0, 0.05) is 19.0 Å². The van der Waals surface area contributed by atoms with Crippen molar-refractivity contribution in [3.63, 3.8) is 0 Å². The van der Waals surface area contributed by atoms with Crippen LogP contribution in [0.3, 0.4) is 0 Å². The zero-order valence-electron chi connectivity index (χ0n) is 10.2. The molecule has 0 saturated heterocycles. The summed E-state index contributed by atoms with van der Waals surface area (Å²) in [7, 11) is 0. The zero-order chi connectivity index (χ0) is 13.7. The van der Waals surface area contributed by atoms with Crippen molar-refractivity contribution in [2.24, 2.45) is 5.73 Å². The Balaban J connectivity index is 1.93. The first-order valence-corrected chi connectivity index (χ1v) is 5.85. The van der Waals surface area contributed by atoms with E-state index in [1.54, 1.807) is 12.1 Å². The van der Waals surface area contributed by atoms with Crippen LogP contribution in [0.4, 0.5) is 4.39 Å². The summed E-state index contributed by atoms with van der Waals surface area (Å²) in [5.41, 5.74) is 5.75. The van der Waals surface area contributed by atoms with Crippen LogP contribution in [0.5, 0.6) is 5.75 Å². The average molecular weight is 263 g/mol. The topological polar surface area (TPSA) is 81.0 Å². The molecule has 5 nitrogen and oxygen atoms in total. The molecule has 3 N–H and O–H groups in total. The molecule has 0 unspecified atom stereocenters. The highest BCUT2D eigenvalue weighted by Gasteiger charge is 2.01. The molecule has 100 valence electrons.